The van der Waals surface area contributed by atoms with Gasteiger partial charge in [0.05, 0.1) is 0 Å². The molecule has 1 fully saturated rings. The SMILES string of the molecule is C(=CC1[NH+](Cc2ccccc2)CC[NH+]1Cc1ccccc1)c1ccccc1. The van der Waals surface area contributed by atoms with Gasteiger partial charge in [0.25, 0.3) is 0 Å². The van der Waals surface area contributed by atoms with E-state index in [-0.39, 0.29) is 0 Å². The van der Waals surface area contributed by atoms with Crippen LogP contribution in [0.5, 0.6) is 0 Å². The van der Waals surface area contributed by atoms with E-state index in [0.29, 0.717) is 6.17 Å². The van der Waals surface area contributed by atoms with Crippen LogP contribution in [-0.2, 0) is 13.1 Å². The maximum Gasteiger partial charge on any atom is 0.234 e. The first-order valence-electron chi connectivity index (χ1n) is 9.89. The summed E-state index contributed by atoms with van der Waals surface area (Å²) in [4.78, 5) is 3.30. The minimum atomic E-state index is 0.477. The van der Waals surface area contributed by atoms with Gasteiger partial charge in [0.1, 0.15) is 26.2 Å². The molecule has 27 heavy (non-hydrogen) atoms. The molecule has 3 aromatic carbocycles. The highest BCUT2D eigenvalue weighted by atomic mass is 15.4. The van der Waals surface area contributed by atoms with Crippen molar-refractivity contribution >= 4 is 6.08 Å². The third-order valence-corrected chi connectivity index (χ3v) is 5.48. The van der Waals surface area contributed by atoms with Crippen LogP contribution < -0.4 is 9.80 Å². The molecule has 1 aliphatic heterocycles. The molecule has 2 nitrogen and oxygen atoms in total. The van der Waals surface area contributed by atoms with Gasteiger partial charge in [-0.1, -0.05) is 91.0 Å². The lowest BCUT2D eigenvalue weighted by molar-refractivity contribution is -1.07. The van der Waals surface area contributed by atoms with Gasteiger partial charge < -0.3 is 0 Å². The Labute approximate surface area is 162 Å². The summed E-state index contributed by atoms with van der Waals surface area (Å²) in [6, 6.07) is 32.4. The molecule has 4 rings (SSSR count). The largest absolute Gasteiger partial charge is 0.274 e. The summed E-state index contributed by atoms with van der Waals surface area (Å²) in [7, 11) is 0. The third kappa shape index (κ3) is 4.73. The quantitative estimate of drug-likeness (QED) is 0.670. The van der Waals surface area contributed by atoms with Crippen LogP contribution in [0.4, 0.5) is 0 Å². The van der Waals surface area contributed by atoms with Gasteiger partial charge in [0.15, 0.2) is 0 Å². The number of nitrogens with one attached hydrogen (secondary N) is 2. The highest BCUT2D eigenvalue weighted by molar-refractivity contribution is 5.48. The molecule has 1 heterocycles. The van der Waals surface area contributed by atoms with Gasteiger partial charge in [-0.3, -0.25) is 9.80 Å². The van der Waals surface area contributed by atoms with Crippen LogP contribution in [0.2, 0.25) is 0 Å². The number of rotatable bonds is 6. The Morgan fingerprint density at radius 2 is 1.07 bits per heavy atom. The lowest BCUT2D eigenvalue weighted by atomic mass is 10.1. The first-order chi connectivity index (χ1) is 13.4. The normalized spacial score (nSPS) is 22.3. The Balaban J connectivity index is 1.54. The van der Waals surface area contributed by atoms with Gasteiger partial charge in [-0.15, -0.1) is 0 Å². The van der Waals surface area contributed by atoms with Crippen molar-refractivity contribution in [1.29, 1.82) is 0 Å². The first-order valence-corrected chi connectivity index (χ1v) is 9.89. The molecule has 0 saturated carbocycles. The molecule has 2 atom stereocenters. The zero-order chi connectivity index (χ0) is 18.3. The molecule has 1 aliphatic rings. The summed E-state index contributed by atoms with van der Waals surface area (Å²) in [6.45, 7) is 4.59. The molecule has 2 N–H and O–H groups in total. The summed E-state index contributed by atoms with van der Waals surface area (Å²) in [5.74, 6) is 0. The fraction of sp³-hybridized carbons (Fsp3) is 0.200. The Hall–Kier alpha value is -2.68. The monoisotopic (exact) mass is 356 g/mol. The molecule has 0 aromatic heterocycles. The average Bonchev–Trinajstić information content (AvgIpc) is 3.10. The number of benzene rings is 3. The van der Waals surface area contributed by atoms with E-state index in [9.17, 15) is 0 Å². The summed E-state index contributed by atoms with van der Waals surface area (Å²) >= 11 is 0. The van der Waals surface area contributed by atoms with E-state index in [0.717, 1.165) is 13.1 Å². The van der Waals surface area contributed by atoms with Gasteiger partial charge in [-0.25, -0.2) is 0 Å². The standard InChI is InChI=1S/C25H26N2/c1-4-10-22(11-5-1)16-17-25-26(20-23-12-6-2-7-13-23)18-19-27(25)21-24-14-8-3-9-15-24/h1-17,25H,18-21H2/p+2. The lowest BCUT2D eigenvalue weighted by Crippen LogP contribution is -3.27. The van der Waals surface area contributed by atoms with E-state index < -0.39 is 0 Å². The minimum Gasteiger partial charge on any atom is -0.274 e. The van der Waals surface area contributed by atoms with Crippen molar-refractivity contribution in [1.82, 2.24) is 0 Å². The van der Waals surface area contributed by atoms with Gasteiger partial charge >= 0.3 is 0 Å². The second-order valence-corrected chi connectivity index (χ2v) is 7.39. The molecule has 0 aliphatic carbocycles. The fourth-order valence-electron chi connectivity index (χ4n) is 4.08. The molecule has 0 amide bonds. The van der Waals surface area contributed by atoms with Gasteiger partial charge in [-0.2, -0.15) is 0 Å². The summed E-state index contributed by atoms with van der Waals surface area (Å²) in [5.41, 5.74) is 4.13. The number of hydrogen-bond acceptors (Lipinski definition) is 0. The van der Waals surface area contributed by atoms with Crippen molar-refractivity contribution in [3.63, 3.8) is 0 Å². The van der Waals surface area contributed by atoms with Crippen LogP contribution in [0.1, 0.15) is 16.7 Å². The zero-order valence-corrected chi connectivity index (χ0v) is 15.7. The van der Waals surface area contributed by atoms with Crippen molar-refractivity contribution in [3.05, 3.63) is 114 Å². The average molecular weight is 357 g/mol. The van der Waals surface area contributed by atoms with Gasteiger partial charge in [0.2, 0.25) is 6.17 Å². The van der Waals surface area contributed by atoms with Crippen molar-refractivity contribution in [3.8, 4) is 0 Å². The third-order valence-electron chi connectivity index (χ3n) is 5.48. The van der Waals surface area contributed by atoms with Crippen LogP contribution in [0, 0.1) is 0 Å². The minimum absolute atomic E-state index is 0.477. The number of hydrogen-bond donors (Lipinski definition) is 2. The molecule has 2 heteroatoms. The predicted octanol–water partition coefficient (Wildman–Crippen LogP) is 2.21. The molecular weight excluding hydrogens is 328 g/mol. The molecule has 1 saturated heterocycles. The van der Waals surface area contributed by atoms with Crippen LogP contribution in [0.25, 0.3) is 6.08 Å². The van der Waals surface area contributed by atoms with E-state index >= 15 is 0 Å². The maximum atomic E-state index is 2.43. The molecule has 2 unspecified atom stereocenters. The Morgan fingerprint density at radius 3 is 1.56 bits per heavy atom. The van der Waals surface area contributed by atoms with Gasteiger partial charge in [0, 0.05) is 17.2 Å². The highest BCUT2D eigenvalue weighted by Gasteiger charge is 2.37. The highest BCUT2D eigenvalue weighted by Crippen LogP contribution is 2.02. The van der Waals surface area contributed by atoms with Crippen LogP contribution in [0.3, 0.4) is 0 Å². The molecule has 0 radical (unpaired) electrons. The molecule has 3 aromatic rings. The van der Waals surface area contributed by atoms with E-state index in [4.69, 9.17) is 0 Å². The van der Waals surface area contributed by atoms with Crippen molar-refractivity contribution < 1.29 is 9.80 Å². The summed E-state index contributed by atoms with van der Waals surface area (Å²) in [6.07, 6.45) is 5.20. The maximum absolute atomic E-state index is 2.43. The van der Waals surface area contributed by atoms with Crippen LogP contribution in [0.15, 0.2) is 97.1 Å². The second-order valence-electron chi connectivity index (χ2n) is 7.39. The van der Waals surface area contributed by atoms with E-state index in [1.165, 1.54) is 29.8 Å². The van der Waals surface area contributed by atoms with Crippen molar-refractivity contribution in [2.75, 3.05) is 13.1 Å². The van der Waals surface area contributed by atoms with Crippen molar-refractivity contribution in [2.24, 2.45) is 0 Å². The fourth-order valence-corrected chi connectivity index (χ4v) is 4.08. The van der Waals surface area contributed by atoms with Crippen molar-refractivity contribution in [2.45, 2.75) is 19.3 Å². The predicted molar refractivity (Wildman–Crippen MR) is 111 cm³/mol. The van der Waals surface area contributed by atoms with E-state index in [1.807, 2.05) is 0 Å². The smallest absolute Gasteiger partial charge is 0.234 e. The van der Waals surface area contributed by atoms with Crippen LogP contribution >= 0.6 is 0 Å². The number of quaternary nitrogens is 2. The Morgan fingerprint density at radius 1 is 0.630 bits per heavy atom. The molecule has 136 valence electrons. The van der Waals surface area contributed by atoms with E-state index in [1.54, 1.807) is 9.80 Å². The lowest BCUT2D eigenvalue weighted by Gasteiger charge is -2.22. The molecular formula is C25H28N2+2. The second kappa shape index (κ2) is 8.81. The Bertz CT molecular complexity index is 794. The zero-order valence-electron chi connectivity index (χ0n) is 15.7. The topological polar surface area (TPSA) is 8.88 Å². The molecule has 0 spiro atoms. The van der Waals surface area contributed by atoms with Crippen LogP contribution in [-0.4, -0.2) is 19.3 Å². The summed E-state index contributed by atoms with van der Waals surface area (Å²) in [5, 5.41) is 0. The summed E-state index contributed by atoms with van der Waals surface area (Å²) < 4.78 is 0. The van der Waals surface area contributed by atoms with E-state index in [2.05, 4.69) is 103 Å². The Kier molecular flexibility index (Phi) is 5.78. The van der Waals surface area contributed by atoms with Gasteiger partial charge in [-0.05, 0) is 11.6 Å². The first kappa shape index (κ1) is 17.7. The molecule has 0 bridgehead atoms.